The van der Waals surface area contributed by atoms with E-state index in [-0.39, 0.29) is 12.5 Å². The molecular weight excluding hydrogens is 255 g/mol. The predicted molar refractivity (Wildman–Crippen MR) is 69.6 cm³/mol. The topological polar surface area (TPSA) is 21.3 Å². The van der Waals surface area contributed by atoms with Crippen molar-refractivity contribution < 1.29 is 17.9 Å². The number of alkyl halides is 3. The van der Waals surface area contributed by atoms with Gasteiger partial charge in [-0.1, -0.05) is 6.07 Å². The van der Waals surface area contributed by atoms with E-state index >= 15 is 0 Å². The van der Waals surface area contributed by atoms with Gasteiger partial charge < -0.3 is 10.1 Å². The van der Waals surface area contributed by atoms with Gasteiger partial charge in [-0.05, 0) is 44.5 Å². The molecule has 0 radical (unpaired) electrons. The number of aryl methyl sites for hydroxylation is 2. The van der Waals surface area contributed by atoms with Crippen LogP contribution in [-0.2, 0) is 0 Å². The zero-order valence-electron chi connectivity index (χ0n) is 11.7. The molecule has 5 heteroatoms. The highest BCUT2D eigenvalue weighted by atomic mass is 19.4. The first-order valence-corrected chi connectivity index (χ1v) is 6.17. The van der Waals surface area contributed by atoms with E-state index in [0.29, 0.717) is 5.75 Å². The van der Waals surface area contributed by atoms with Crippen molar-refractivity contribution in [3.05, 3.63) is 28.8 Å². The molecule has 1 aromatic carbocycles. The molecule has 0 saturated carbocycles. The second-order valence-electron chi connectivity index (χ2n) is 4.69. The molecule has 1 rings (SSSR count). The third-order valence-electron chi connectivity index (χ3n) is 3.13. The highest BCUT2D eigenvalue weighted by Gasteiger charge is 2.29. The van der Waals surface area contributed by atoms with Crippen molar-refractivity contribution in [3.63, 3.8) is 0 Å². The van der Waals surface area contributed by atoms with Crippen LogP contribution in [0.1, 0.15) is 35.6 Å². The van der Waals surface area contributed by atoms with E-state index in [1.165, 1.54) is 7.11 Å². The number of rotatable bonds is 5. The van der Waals surface area contributed by atoms with Gasteiger partial charge in [0.1, 0.15) is 5.75 Å². The van der Waals surface area contributed by atoms with Crippen molar-refractivity contribution in [2.24, 2.45) is 0 Å². The molecule has 0 aliphatic rings. The third-order valence-corrected chi connectivity index (χ3v) is 3.13. The number of ether oxygens (including phenoxy) is 1. The number of hydrogen-bond acceptors (Lipinski definition) is 2. The van der Waals surface area contributed by atoms with E-state index in [0.717, 1.165) is 16.7 Å². The average Bonchev–Trinajstić information content (AvgIpc) is 2.29. The third kappa shape index (κ3) is 4.42. The molecule has 0 aliphatic carbocycles. The number of methoxy groups -OCH3 is 1. The van der Waals surface area contributed by atoms with Gasteiger partial charge in [0.05, 0.1) is 7.11 Å². The monoisotopic (exact) mass is 275 g/mol. The molecule has 0 bridgehead atoms. The summed E-state index contributed by atoms with van der Waals surface area (Å²) < 4.78 is 42.4. The molecule has 2 nitrogen and oxygen atoms in total. The summed E-state index contributed by atoms with van der Waals surface area (Å²) in [5.74, 6) is 0.638. The molecule has 0 spiro atoms. The fourth-order valence-electron chi connectivity index (χ4n) is 2.30. The summed E-state index contributed by atoms with van der Waals surface area (Å²) in [5, 5.41) is 2.95. The van der Waals surface area contributed by atoms with Gasteiger partial charge in [0.15, 0.2) is 0 Å². The van der Waals surface area contributed by atoms with Crippen LogP contribution in [0.3, 0.4) is 0 Å². The Morgan fingerprint density at radius 3 is 2.37 bits per heavy atom. The SMILES string of the molecule is CNC(CCC(F)(F)F)c1c(C)cc(C)cc1OC. The maximum Gasteiger partial charge on any atom is 0.389 e. The van der Waals surface area contributed by atoms with Crippen molar-refractivity contribution in [1.29, 1.82) is 0 Å². The van der Waals surface area contributed by atoms with E-state index < -0.39 is 12.6 Å². The van der Waals surface area contributed by atoms with Crippen LogP contribution in [0.2, 0.25) is 0 Å². The Morgan fingerprint density at radius 1 is 1.26 bits per heavy atom. The Hall–Kier alpha value is -1.23. The van der Waals surface area contributed by atoms with Crippen molar-refractivity contribution in [2.75, 3.05) is 14.2 Å². The van der Waals surface area contributed by atoms with Crippen LogP contribution in [-0.4, -0.2) is 20.3 Å². The van der Waals surface area contributed by atoms with E-state index in [2.05, 4.69) is 5.32 Å². The second-order valence-corrected chi connectivity index (χ2v) is 4.69. The van der Waals surface area contributed by atoms with Crippen LogP contribution in [0.4, 0.5) is 13.2 Å². The minimum absolute atomic E-state index is 0.000259. The van der Waals surface area contributed by atoms with Gasteiger partial charge in [-0.25, -0.2) is 0 Å². The van der Waals surface area contributed by atoms with Gasteiger partial charge in [0.25, 0.3) is 0 Å². The number of halogens is 3. The lowest BCUT2D eigenvalue weighted by Crippen LogP contribution is -2.21. The van der Waals surface area contributed by atoms with Crippen LogP contribution in [0.15, 0.2) is 12.1 Å². The molecule has 0 fully saturated rings. The molecule has 1 N–H and O–H groups in total. The average molecular weight is 275 g/mol. The lowest BCUT2D eigenvalue weighted by atomic mass is 9.95. The van der Waals surface area contributed by atoms with Gasteiger partial charge >= 0.3 is 6.18 Å². The van der Waals surface area contributed by atoms with Crippen LogP contribution in [0, 0.1) is 13.8 Å². The van der Waals surface area contributed by atoms with Crippen molar-refractivity contribution in [2.45, 2.75) is 38.9 Å². The molecule has 0 heterocycles. The quantitative estimate of drug-likeness (QED) is 0.879. The number of nitrogens with one attached hydrogen (secondary N) is 1. The summed E-state index contributed by atoms with van der Waals surface area (Å²) in [7, 11) is 3.20. The van der Waals surface area contributed by atoms with Crippen molar-refractivity contribution in [1.82, 2.24) is 5.32 Å². The molecule has 1 atom stereocenters. The minimum Gasteiger partial charge on any atom is -0.496 e. The molecule has 1 unspecified atom stereocenters. The summed E-state index contributed by atoms with van der Waals surface area (Å²) in [4.78, 5) is 0. The zero-order valence-corrected chi connectivity index (χ0v) is 11.7. The fraction of sp³-hybridized carbons (Fsp3) is 0.571. The molecule has 108 valence electrons. The summed E-state index contributed by atoms with van der Waals surface area (Å²) in [6.07, 6.45) is -4.95. The largest absolute Gasteiger partial charge is 0.496 e. The van der Waals surface area contributed by atoms with Crippen molar-refractivity contribution >= 4 is 0 Å². The summed E-state index contributed by atoms with van der Waals surface area (Å²) in [5.41, 5.74) is 2.78. The molecule has 0 saturated heterocycles. The first-order chi connectivity index (χ1) is 8.78. The lowest BCUT2D eigenvalue weighted by molar-refractivity contribution is -0.136. The van der Waals surface area contributed by atoms with Gasteiger partial charge in [-0.2, -0.15) is 13.2 Å². The summed E-state index contributed by atoms with van der Waals surface area (Å²) in [6.45, 7) is 3.83. The Morgan fingerprint density at radius 2 is 1.89 bits per heavy atom. The fourth-order valence-corrected chi connectivity index (χ4v) is 2.30. The van der Waals surface area contributed by atoms with Crippen LogP contribution in [0.5, 0.6) is 5.75 Å². The molecule has 1 aromatic rings. The maximum absolute atomic E-state index is 12.4. The predicted octanol–water partition coefficient (Wildman–Crippen LogP) is 3.92. The van der Waals surface area contributed by atoms with Crippen molar-refractivity contribution in [3.8, 4) is 5.75 Å². The molecule has 0 amide bonds. The van der Waals surface area contributed by atoms with Crippen LogP contribution in [0.25, 0.3) is 0 Å². The zero-order chi connectivity index (χ0) is 14.6. The maximum atomic E-state index is 12.4. The lowest BCUT2D eigenvalue weighted by Gasteiger charge is -2.22. The van der Waals surface area contributed by atoms with Gasteiger partial charge in [0.2, 0.25) is 0 Å². The van der Waals surface area contributed by atoms with E-state index in [1.807, 2.05) is 26.0 Å². The van der Waals surface area contributed by atoms with E-state index in [9.17, 15) is 13.2 Å². The van der Waals surface area contributed by atoms with E-state index in [1.54, 1.807) is 7.05 Å². The molecule has 19 heavy (non-hydrogen) atoms. The Kier molecular flexibility index (Phi) is 5.23. The highest BCUT2D eigenvalue weighted by Crippen LogP contribution is 2.34. The van der Waals surface area contributed by atoms with E-state index in [4.69, 9.17) is 4.74 Å². The molecule has 0 aliphatic heterocycles. The normalized spacial score (nSPS) is 13.4. The smallest absolute Gasteiger partial charge is 0.389 e. The summed E-state index contributed by atoms with van der Waals surface area (Å²) >= 11 is 0. The molecular formula is C14H20F3NO. The summed E-state index contributed by atoms with van der Waals surface area (Å²) in [6, 6.07) is 3.44. The molecule has 0 aromatic heterocycles. The second kappa shape index (κ2) is 6.28. The highest BCUT2D eigenvalue weighted by molar-refractivity contribution is 5.45. The van der Waals surface area contributed by atoms with Gasteiger partial charge in [-0.3, -0.25) is 0 Å². The van der Waals surface area contributed by atoms with Gasteiger partial charge in [-0.15, -0.1) is 0 Å². The Balaban J connectivity index is 3.04. The first-order valence-electron chi connectivity index (χ1n) is 6.17. The van der Waals surface area contributed by atoms with Crippen LogP contribution >= 0.6 is 0 Å². The minimum atomic E-state index is -4.14. The van der Waals surface area contributed by atoms with Gasteiger partial charge in [0, 0.05) is 18.0 Å². The van der Waals surface area contributed by atoms with Crippen LogP contribution < -0.4 is 10.1 Å². The standard InChI is InChI=1S/C14H20F3NO/c1-9-7-10(2)13(12(8-9)19-4)11(18-3)5-6-14(15,16)17/h7-8,11,18H,5-6H2,1-4H3. The number of hydrogen-bond donors (Lipinski definition) is 1. The number of benzene rings is 1. The Bertz CT molecular complexity index is 429. The first kappa shape index (κ1) is 15.8. The Labute approximate surface area is 112 Å².